The second-order valence-electron chi connectivity index (χ2n) is 10.1. The van der Waals surface area contributed by atoms with Gasteiger partial charge in [-0.3, -0.25) is 24.5 Å². The molecule has 4 heterocycles. The van der Waals surface area contributed by atoms with Crippen LogP contribution >= 0.6 is 0 Å². The van der Waals surface area contributed by atoms with E-state index in [0.29, 0.717) is 22.8 Å². The molecular formula is C30H27N7O2. The molecule has 1 aliphatic rings. The van der Waals surface area contributed by atoms with Crippen LogP contribution in [-0.2, 0) is 10.2 Å². The van der Waals surface area contributed by atoms with Crippen LogP contribution in [0.25, 0.3) is 22.4 Å². The van der Waals surface area contributed by atoms with E-state index < -0.39 is 5.41 Å². The molecule has 5 rings (SSSR count). The minimum absolute atomic E-state index is 0.00122. The fraction of sp³-hybridized carbons (Fsp3) is 0.233. The van der Waals surface area contributed by atoms with Crippen molar-refractivity contribution >= 4 is 23.3 Å². The number of carbonyl (C=O) groups excluding carboxylic acids is 2. The lowest BCUT2D eigenvalue weighted by molar-refractivity contribution is -0.117. The Bertz CT molecular complexity index is 1620. The smallest absolute Gasteiger partial charge is 0.255 e. The van der Waals surface area contributed by atoms with E-state index in [1.54, 1.807) is 44.6 Å². The monoisotopic (exact) mass is 517 g/mol. The molecule has 1 aliphatic carbocycles. The molecule has 0 saturated heterocycles. The number of aryl methyl sites for hydroxylation is 1. The van der Waals surface area contributed by atoms with E-state index in [4.69, 9.17) is 0 Å². The molecule has 0 aliphatic heterocycles. The van der Waals surface area contributed by atoms with Crippen LogP contribution in [0.15, 0.2) is 67.3 Å². The second-order valence-corrected chi connectivity index (χ2v) is 10.1. The van der Waals surface area contributed by atoms with Gasteiger partial charge in [0.25, 0.3) is 5.91 Å². The molecule has 1 fully saturated rings. The van der Waals surface area contributed by atoms with Crippen LogP contribution in [0.1, 0.15) is 48.4 Å². The average molecular weight is 518 g/mol. The first-order valence-corrected chi connectivity index (χ1v) is 12.6. The van der Waals surface area contributed by atoms with Crippen molar-refractivity contribution in [3.05, 3.63) is 84.2 Å². The molecule has 0 unspecified atom stereocenters. The van der Waals surface area contributed by atoms with E-state index in [1.807, 2.05) is 37.3 Å². The van der Waals surface area contributed by atoms with Crippen LogP contribution < -0.4 is 10.6 Å². The fourth-order valence-corrected chi connectivity index (χ4v) is 4.06. The number of nitrogens with zero attached hydrogens (tertiary/aromatic N) is 5. The number of amides is 2. The molecule has 39 heavy (non-hydrogen) atoms. The second kappa shape index (κ2) is 10.4. The molecule has 0 aromatic carbocycles. The third kappa shape index (κ3) is 5.80. The highest BCUT2D eigenvalue weighted by molar-refractivity contribution is 6.04. The standard InChI is InChI=1S/C30H27N7O2/c1-18-24(15-23(16-35-18)36-29(39)22-8-10-33-26(13-22)30(2,3)17-31)20-6-9-32-25(12-20)21-7-11-34-27(14-21)37-28(38)19-4-5-19/h6-16,19H,4-5H2,1-3H3,(H,36,39)(H,34,37,38). The maximum absolute atomic E-state index is 13.0. The zero-order valence-electron chi connectivity index (χ0n) is 21.9. The Labute approximate surface area is 226 Å². The fourth-order valence-electron chi connectivity index (χ4n) is 4.06. The normalized spacial score (nSPS) is 12.9. The molecule has 9 nitrogen and oxygen atoms in total. The Morgan fingerprint density at radius 3 is 2.44 bits per heavy atom. The third-order valence-corrected chi connectivity index (χ3v) is 6.61. The minimum Gasteiger partial charge on any atom is -0.321 e. The summed E-state index contributed by atoms with van der Waals surface area (Å²) in [5.74, 6) is 0.261. The zero-order chi connectivity index (χ0) is 27.6. The van der Waals surface area contributed by atoms with Gasteiger partial charge in [0.15, 0.2) is 0 Å². The highest BCUT2D eigenvalue weighted by atomic mass is 16.2. The van der Waals surface area contributed by atoms with Crippen LogP contribution in [0.4, 0.5) is 11.5 Å². The number of aromatic nitrogens is 4. The number of carbonyl (C=O) groups is 2. The summed E-state index contributed by atoms with van der Waals surface area (Å²) in [5, 5.41) is 15.2. The summed E-state index contributed by atoms with van der Waals surface area (Å²) in [6, 6.07) is 14.8. The van der Waals surface area contributed by atoms with Gasteiger partial charge >= 0.3 is 0 Å². The van der Waals surface area contributed by atoms with Crippen molar-refractivity contribution < 1.29 is 9.59 Å². The molecule has 1 saturated carbocycles. The lowest BCUT2D eigenvalue weighted by Gasteiger charge is -2.15. The topological polar surface area (TPSA) is 134 Å². The van der Waals surface area contributed by atoms with Gasteiger partial charge in [-0.15, -0.1) is 0 Å². The van der Waals surface area contributed by atoms with Crippen molar-refractivity contribution in [1.29, 1.82) is 5.26 Å². The van der Waals surface area contributed by atoms with Crippen molar-refractivity contribution in [2.45, 2.75) is 39.0 Å². The summed E-state index contributed by atoms with van der Waals surface area (Å²) in [7, 11) is 0. The van der Waals surface area contributed by atoms with E-state index in [9.17, 15) is 14.9 Å². The summed E-state index contributed by atoms with van der Waals surface area (Å²) in [6.45, 7) is 5.42. The summed E-state index contributed by atoms with van der Waals surface area (Å²) >= 11 is 0. The van der Waals surface area contributed by atoms with Crippen molar-refractivity contribution in [3.8, 4) is 28.5 Å². The lowest BCUT2D eigenvalue weighted by Crippen LogP contribution is -2.18. The molecular weight excluding hydrogens is 490 g/mol. The minimum atomic E-state index is -0.813. The van der Waals surface area contributed by atoms with Crippen LogP contribution in [0, 0.1) is 24.2 Å². The van der Waals surface area contributed by atoms with E-state index in [0.717, 1.165) is 40.9 Å². The van der Waals surface area contributed by atoms with E-state index in [2.05, 4.69) is 36.6 Å². The van der Waals surface area contributed by atoms with Gasteiger partial charge in [0.2, 0.25) is 5.91 Å². The summed E-state index contributed by atoms with van der Waals surface area (Å²) < 4.78 is 0. The van der Waals surface area contributed by atoms with Gasteiger partial charge in [0.1, 0.15) is 5.82 Å². The molecule has 0 bridgehead atoms. The highest BCUT2D eigenvalue weighted by Crippen LogP contribution is 2.31. The third-order valence-electron chi connectivity index (χ3n) is 6.61. The Hall–Kier alpha value is -4.97. The van der Waals surface area contributed by atoms with Crippen molar-refractivity contribution in [3.63, 3.8) is 0 Å². The van der Waals surface area contributed by atoms with Gasteiger partial charge in [0, 0.05) is 46.9 Å². The highest BCUT2D eigenvalue weighted by Gasteiger charge is 2.29. The van der Waals surface area contributed by atoms with Gasteiger partial charge in [-0.05, 0) is 81.6 Å². The summed E-state index contributed by atoms with van der Waals surface area (Å²) in [4.78, 5) is 42.7. The van der Waals surface area contributed by atoms with Gasteiger partial charge < -0.3 is 10.6 Å². The van der Waals surface area contributed by atoms with E-state index >= 15 is 0 Å². The zero-order valence-corrected chi connectivity index (χ0v) is 21.9. The first-order valence-electron chi connectivity index (χ1n) is 12.6. The van der Waals surface area contributed by atoms with Gasteiger partial charge in [-0.1, -0.05) is 0 Å². The van der Waals surface area contributed by atoms with E-state index in [1.165, 1.54) is 6.20 Å². The van der Waals surface area contributed by atoms with Crippen LogP contribution in [0.2, 0.25) is 0 Å². The number of hydrogen-bond donors (Lipinski definition) is 2. The van der Waals surface area contributed by atoms with Crippen LogP contribution in [0.5, 0.6) is 0 Å². The Morgan fingerprint density at radius 1 is 0.923 bits per heavy atom. The molecule has 0 atom stereocenters. The SMILES string of the molecule is Cc1ncc(NC(=O)c2ccnc(C(C)(C)C#N)c2)cc1-c1ccnc(-c2ccnc(NC(=O)C3CC3)c2)c1. The summed E-state index contributed by atoms with van der Waals surface area (Å²) in [5.41, 5.74) is 4.70. The predicted octanol–water partition coefficient (Wildman–Crippen LogP) is 5.31. The average Bonchev–Trinajstić information content (AvgIpc) is 3.80. The molecule has 4 aromatic rings. The molecule has 2 amide bonds. The molecule has 4 aromatic heterocycles. The molecule has 0 spiro atoms. The van der Waals surface area contributed by atoms with Gasteiger partial charge in [-0.2, -0.15) is 5.26 Å². The Balaban J connectivity index is 1.38. The van der Waals surface area contributed by atoms with Crippen molar-refractivity contribution in [2.24, 2.45) is 5.92 Å². The van der Waals surface area contributed by atoms with Crippen molar-refractivity contribution in [1.82, 2.24) is 19.9 Å². The van der Waals surface area contributed by atoms with Gasteiger partial charge in [0.05, 0.1) is 34.8 Å². The number of nitrogens with one attached hydrogen (secondary N) is 2. The van der Waals surface area contributed by atoms with Gasteiger partial charge in [-0.25, -0.2) is 4.98 Å². The Kier molecular flexibility index (Phi) is 6.86. The lowest BCUT2D eigenvalue weighted by atomic mass is 9.90. The molecule has 9 heteroatoms. The number of anilines is 2. The summed E-state index contributed by atoms with van der Waals surface area (Å²) in [6.07, 6.45) is 8.35. The number of nitriles is 1. The molecule has 2 N–H and O–H groups in total. The molecule has 0 radical (unpaired) electrons. The maximum atomic E-state index is 13.0. The first kappa shape index (κ1) is 25.7. The largest absolute Gasteiger partial charge is 0.321 e. The maximum Gasteiger partial charge on any atom is 0.255 e. The number of hydrogen-bond acceptors (Lipinski definition) is 7. The first-order chi connectivity index (χ1) is 18.7. The quantitative estimate of drug-likeness (QED) is 0.339. The number of rotatable bonds is 7. The van der Waals surface area contributed by atoms with Crippen LogP contribution in [0.3, 0.4) is 0 Å². The Morgan fingerprint density at radius 2 is 1.67 bits per heavy atom. The number of pyridine rings is 4. The molecule has 194 valence electrons. The van der Waals surface area contributed by atoms with E-state index in [-0.39, 0.29) is 17.7 Å². The predicted molar refractivity (Wildman–Crippen MR) is 148 cm³/mol. The van der Waals surface area contributed by atoms with Crippen LogP contribution in [-0.4, -0.2) is 31.8 Å². The van der Waals surface area contributed by atoms with Crippen molar-refractivity contribution in [2.75, 3.05) is 10.6 Å².